The minimum absolute atomic E-state index is 0. The van der Waals surface area contributed by atoms with Crippen molar-refractivity contribution in [3.05, 3.63) is 18.2 Å². The van der Waals surface area contributed by atoms with Crippen LogP contribution in [-0.4, -0.2) is 22.1 Å². The lowest BCUT2D eigenvalue weighted by Crippen LogP contribution is -2.24. The molecule has 0 unspecified atom stereocenters. The second-order valence-corrected chi connectivity index (χ2v) is 2.77. The number of nitrogens with zero attached hydrogens (tertiary/aromatic N) is 2. The Morgan fingerprint density at radius 2 is 2.27 bits per heavy atom. The number of nitrogen functional groups attached to an aromatic ring is 1. The number of hydrogen-bond acceptors (Lipinski definition) is 3. The molecule has 0 atom stereocenters. The molecule has 7 heteroatoms. The number of carbonyl (C=O) groups is 1. The molecule has 1 amide bonds. The van der Waals surface area contributed by atoms with Crippen LogP contribution in [0.1, 0.15) is 19.0 Å². The van der Waals surface area contributed by atoms with Crippen LogP contribution in [0.3, 0.4) is 0 Å². The summed E-state index contributed by atoms with van der Waals surface area (Å²) in [6, 6.07) is 0. The minimum atomic E-state index is 0. The van der Waals surface area contributed by atoms with E-state index in [0.29, 0.717) is 13.0 Å². The van der Waals surface area contributed by atoms with E-state index < -0.39 is 0 Å². The minimum Gasteiger partial charge on any atom is -0.356 e. The van der Waals surface area contributed by atoms with Gasteiger partial charge in [-0.25, -0.2) is 4.98 Å². The molecule has 0 fully saturated rings. The van der Waals surface area contributed by atoms with Crippen LogP contribution < -0.4 is 11.2 Å². The Morgan fingerprint density at radius 3 is 2.73 bits per heavy atom. The van der Waals surface area contributed by atoms with E-state index in [-0.39, 0.29) is 30.7 Å². The highest BCUT2D eigenvalue weighted by Crippen LogP contribution is 1.92. The lowest BCUT2D eigenvalue weighted by molar-refractivity contribution is -0.120. The Labute approximate surface area is 101 Å². The van der Waals surface area contributed by atoms with Crippen molar-refractivity contribution >= 4 is 30.7 Å². The number of amides is 1. The van der Waals surface area contributed by atoms with E-state index in [2.05, 4.69) is 10.3 Å². The lowest BCUT2D eigenvalue weighted by Gasteiger charge is -2.00. The zero-order valence-corrected chi connectivity index (χ0v) is 10.1. The molecule has 0 aliphatic carbocycles. The van der Waals surface area contributed by atoms with Crippen molar-refractivity contribution in [2.75, 3.05) is 12.4 Å². The number of nitrogens with one attached hydrogen (secondary N) is 1. The smallest absolute Gasteiger partial charge is 0.219 e. The van der Waals surface area contributed by atoms with Crippen molar-refractivity contribution in [1.29, 1.82) is 0 Å². The largest absolute Gasteiger partial charge is 0.356 e. The van der Waals surface area contributed by atoms with Gasteiger partial charge < -0.3 is 11.2 Å². The summed E-state index contributed by atoms with van der Waals surface area (Å²) in [7, 11) is 0. The highest BCUT2D eigenvalue weighted by Gasteiger charge is 1.98. The third kappa shape index (κ3) is 6.19. The summed E-state index contributed by atoms with van der Waals surface area (Å²) in [6.07, 6.45) is 4.51. The average molecular weight is 255 g/mol. The van der Waals surface area contributed by atoms with Gasteiger partial charge in [0.15, 0.2) is 0 Å². The number of aromatic nitrogens is 2. The van der Waals surface area contributed by atoms with Crippen LogP contribution in [0.15, 0.2) is 12.5 Å². The van der Waals surface area contributed by atoms with Gasteiger partial charge in [-0.3, -0.25) is 9.47 Å². The van der Waals surface area contributed by atoms with Crippen LogP contribution in [0, 0.1) is 0 Å². The average Bonchev–Trinajstić information content (AvgIpc) is 2.51. The molecule has 0 radical (unpaired) electrons. The molecule has 1 aromatic heterocycles. The SMILES string of the molecule is CCC(=O)NCCc1cn(N)cn1.Cl.Cl. The van der Waals surface area contributed by atoms with Gasteiger partial charge in [0.2, 0.25) is 5.91 Å². The summed E-state index contributed by atoms with van der Waals surface area (Å²) in [6.45, 7) is 2.44. The first kappa shape index (κ1) is 16.5. The first-order valence-electron chi connectivity index (χ1n) is 4.27. The van der Waals surface area contributed by atoms with Gasteiger partial charge in [0.05, 0.1) is 5.69 Å². The Hall–Kier alpha value is -0.940. The molecule has 1 aromatic rings. The molecule has 0 bridgehead atoms. The predicted octanol–water partition coefficient (Wildman–Crippen LogP) is 0.509. The van der Waals surface area contributed by atoms with E-state index in [1.165, 1.54) is 11.0 Å². The van der Waals surface area contributed by atoms with Gasteiger partial charge >= 0.3 is 0 Å². The summed E-state index contributed by atoms with van der Waals surface area (Å²) in [4.78, 5) is 14.9. The van der Waals surface area contributed by atoms with E-state index >= 15 is 0 Å². The molecular weight excluding hydrogens is 239 g/mol. The van der Waals surface area contributed by atoms with Gasteiger partial charge in [-0.05, 0) is 0 Å². The number of hydrogen-bond donors (Lipinski definition) is 2. The Balaban J connectivity index is 0. The summed E-state index contributed by atoms with van der Waals surface area (Å²) in [5.41, 5.74) is 0.888. The summed E-state index contributed by atoms with van der Waals surface area (Å²) in [5, 5.41) is 2.76. The van der Waals surface area contributed by atoms with Crippen LogP contribution in [-0.2, 0) is 11.2 Å². The van der Waals surface area contributed by atoms with E-state index in [0.717, 1.165) is 12.1 Å². The maximum absolute atomic E-state index is 10.8. The quantitative estimate of drug-likeness (QED) is 0.770. The molecule has 88 valence electrons. The standard InChI is InChI=1S/C8H14N4O.2ClH/c1-2-8(13)10-4-3-7-5-12(9)6-11-7;;/h5-6H,2-4,9H2,1H3,(H,10,13);2*1H. The molecule has 3 N–H and O–H groups in total. The fraction of sp³-hybridized carbons (Fsp3) is 0.500. The van der Waals surface area contributed by atoms with E-state index in [4.69, 9.17) is 5.84 Å². The number of nitrogens with two attached hydrogens (primary N) is 1. The molecule has 0 aliphatic rings. The summed E-state index contributed by atoms with van der Waals surface area (Å²) >= 11 is 0. The van der Waals surface area contributed by atoms with Crippen molar-refractivity contribution in [2.45, 2.75) is 19.8 Å². The number of rotatable bonds is 4. The third-order valence-corrected chi connectivity index (χ3v) is 1.68. The van der Waals surface area contributed by atoms with Gasteiger partial charge in [-0.1, -0.05) is 6.92 Å². The monoisotopic (exact) mass is 254 g/mol. The molecule has 5 nitrogen and oxygen atoms in total. The van der Waals surface area contributed by atoms with E-state index in [1.54, 1.807) is 6.20 Å². The maximum atomic E-state index is 10.8. The highest BCUT2D eigenvalue weighted by atomic mass is 35.5. The Morgan fingerprint density at radius 1 is 1.60 bits per heavy atom. The summed E-state index contributed by atoms with van der Waals surface area (Å²) in [5.74, 6) is 5.47. The lowest BCUT2D eigenvalue weighted by atomic mass is 10.3. The molecule has 0 spiro atoms. The third-order valence-electron chi connectivity index (χ3n) is 1.68. The number of imidazole rings is 1. The van der Waals surface area contributed by atoms with Crippen LogP contribution >= 0.6 is 24.8 Å². The Kier molecular flexibility index (Phi) is 9.21. The van der Waals surface area contributed by atoms with Crippen molar-refractivity contribution < 1.29 is 4.79 Å². The second-order valence-electron chi connectivity index (χ2n) is 2.77. The first-order chi connectivity index (χ1) is 6.22. The highest BCUT2D eigenvalue weighted by molar-refractivity contribution is 5.85. The molecule has 15 heavy (non-hydrogen) atoms. The first-order valence-corrected chi connectivity index (χ1v) is 4.27. The van der Waals surface area contributed by atoms with Crippen LogP contribution in [0.25, 0.3) is 0 Å². The number of halogens is 2. The fourth-order valence-corrected chi connectivity index (χ4v) is 0.964. The van der Waals surface area contributed by atoms with Crippen molar-refractivity contribution in [3.8, 4) is 0 Å². The fourth-order valence-electron chi connectivity index (χ4n) is 0.964. The topological polar surface area (TPSA) is 72.9 Å². The number of carbonyl (C=O) groups excluding carboxylic acids is 1. The van der Waals surface area contributed by atoms with Crippen molar-refractivity contribution in [1.82, 2.24) is 15.0 Å². The molecule has 0 aliphatic heterocycles. The molecule has 1 rings (SSSR count). The van der Waals surface area contributed by atoms with Gasteiger partial charge in [0.1, 0.15) is 6.33 Å². The van der Waals surface area contributed by atoms with Gasteiger partial charge in [0, 0.05) is 25.6 Å². The van der Waals surface area contributed by atoms with Gasteiger partial charge in [-0.2, -0.15) is 0 Å². The molecule has 0 aromatic carbocycles. The van der Waals surface area contributed by atoms with E-state index in [9.17, 15) is 4.79 Å². The second kappa shape index (κ2) is 8.38. The molecule has 0 saturated heterocycles. The normalized spacial score (nSPS) is 8.60. The van der Waals surface area contributed by atoms with Gasteiger partial charge in [-0.15, -0.1) is 24.8 Å². The van der Waals surface area contributed by atoms with Crippen LogP contribution in [0.2, 0.25) is 0 Å². The summed E-state index contributed by atoms with van der Waals surface area (Å²) < 4.78 is 1.40. The van der Waals surface area contributed by atoms with Gasteiger partial charge in [0.25, 0.3) is 0 Å². The van der Waals surface area contributed by atoms with Crippen molar-refractivity contribution in [2.24, 2.45) is 0 Å². The molecule has 0 saturated carbocycles. The maximum Gasteiger partial charge on any atom is 0.219 e. The Bertz CT molecular complexity index is 290. The van der Waals surface area contributed by atoms with E-state index in [1.807, 2.05) is 6.92 Å². The molecular formula is C8H16Cl2N4O. The predicted molar refractivity (Wildman–Crippen MR) is 63.9 cm³/mol. The molecule has 1 heterocycles. The van der Waals surface area contributed by atoms with Crippen LogP contribution in [0.5, 0.6) is 0 Å². The zero-order valence-electron chi connectivity index (χ0n) is 8.47. The van der Waals surface area contributed by atoms with Crippen LogP contribution in [0.4, 0.5) is 0 Å². The van der Waals surface area contributed by atoms with Crippen molar-refractivity contribution in [3.63, 3.8) is 0 Å². The zero-order chi connectivity index (χ0) is 9.68.